The van der Waals surface area contributed by atoms with Gasteiger partial charge in [0.1, 0.15) is 16.4 Å². The molecule has 2 N–H and O–H groups in total. The predicted octanol–water partition coefficient (Wildman–Crippen LogP) is 2.46. The second-order valence-corrected chi connectivity index (χ2v) is 9.09. The summed E-state index contributed by atoms with van der Waals surface area (Å²) in [6, 6.07) is 8.93. The molecule has 0 radical (unpaired) electrons. The molecule has 0 atom stereocenters. The lowest BCUT2D eigenvalue weighted by Crippen LogP contribution is -2.50. The molecule has 1 aromatic carbocycles. The second-order valence-electron chi connectivity index (χ2n) is 8.13. The van der Waals surface area contributed by atoms with Crippen LogP contribution in [0.4, 0.5) is 16.3 Å². The number of ether oxygens (including phenoxy) is 1. The average molecular weight is 429 g/mol. The summed E-state index contributed by atoms with van der Waals surface area (Å²) in [7, 11) is 0. The van der Waals surface area contributed by atoms with Crippen LogP contribution in [-0.4, -0.2) is 57.4 Å². The van der Waals surface area contributed by atoms with E-state index in [1.165, 1.54) is 17.4 Å². The largest absolute Gasteiger partial charge is 0.444 e. The highest BCUT2D eigenvalue weighted by Gasteiger charge is 2.27. The first-order valence-electron chi connectivity index (χ1n) is 9.69. The molecule has 2 aromatic heterocycles. The van der Waals surface area contributed by atoms with Crippen LogP contribution in [0.25, 0.3) is 15.5 Å². The van der Waals surface area contributed by atoms with Crippen LogP contribution in [0.5, 0.6) is 0 Å². The van der Waals surface area contributed by atoms with E-state index in [2.05, 4.69) is 10.1 Å². The van der Waals surface area contributed by atoms with Gasteiger partial charge >= 0.3 is 6.09 Å². The zero-order chi connectivity index (χ0) is 21.5. The number of carbonyl (C=O) groups is 1. The minimum absolute atomic E-state index is 0.317. The lowest BCUT2D eigenvalue weighted by Gasteiger charge is -2.36. The molecule has 0 unspecified atom stereocenters. The van der Waals surface area contributed by atoms with E-state index in [1.807, 2.05) is 49.9 Å². The monoisotopic (exact) mass is 428 g/mol. The molecule has 0 aliphatic carbocycles. The molecule has 1 amide bonds. The molecule has 1 aliphatic heterocycles. The molecule has 0 saturated carbocycles. The van der Waals surface area contributed by atoms with Crippen molar-refractivity contribution < 1.29 is 9.53 Å². The van der Waals surface area contributed by atoms with Crippen LogP contribution >= 0.6 is 11.3 Å². The maximum atomic E-state index is 12.3. The van der Waals surface area contributed by atoms with E-state index in [9.17, 15) is 9.59 Å². The highest BCUT2D eigenvalue weighted by atomic mass is 32.1. The van der Waals surface area contributed by atoms with Crippen LogP contribution in [0.1, 0.15) is 20.8 Å². The predicted molar refractivity (Wildman–Crippen MR) is 117 cm³/mol. The Morgan fingerprint density at radius 1 is 1.17 bits per heavy atom. The normalized spacial score (nSPS) is 14.9. The van der Waals surface area contributed by atoms with Gasteiger partial charge < -0.3 is 20.3 Å². The molecule has 9 nitrogen and oxygen atoms in total. The Kier molecular flexibility index (Phi) is 5.10. The molecule has 10 heteroatoms. The number of aromatic nitrogens is 3. The van der Waals surface area contributed by atoms with Crippen molar-refractivity contribution in [2.24, 2.45) is 0 Å². The third-order valence-corrected chi connectivity index (χ3v) is 5.58. The standard InChI is InChI=1S/C20H24N6O3S/c1-20(2,3)29-19(28)25-9-7-24(8-10-25)16-12-15(27)22-18-26(16)23-17(30-18)13-5-4-6-14(21)11-13/h4-6,11-12H,7-10,21H2,1-3H3. The number of piperazine rings is 1. The van der Waals surface area contributed by atoms with Gasteiger partial charge in [-0.3, -0.25) is 4.79 Å². The van der Waals surface area contributed by atoms with Crippen molar-refractivity contribution in [1.29, 1.82) is 0 Å². The van der Waals surface area contributed by atoms with Gasteiger partial charge in [-0.1, -0.05) is 23.5 Å². The van der Waals surface area contributed by atoms with E-state index in [0.29, 0.717) is 42.6 Å². The van der Waals surface area contributed by atoms with Gasteiger partial charge in [0.15, 0.2) is 0 Å². The molecule has 3 aromatic rings. The van der Waals surface area contributed by atoms with E-state index in [4.69, 9.17) is 10.5 Å². The van der Waals surface area contributed by atoms with Crippen LogP contribution in [0.15, 0.2) is 35.1 Å². The summed E-state index contributed by atoms with van der Waals surface area (Å²) in [6.45, 7) is 7.68. The molecule has 0 bridgehead atoms. The smallest absolute Gasteiger partial charge is 0.410 e. The Hall–Kier alpha value is -3.14. The Bertz CT molecular complexity index is 1140. The summed E-state index contributed by atoms with van der Waals surface area (Å²) in [5.41, 5.74) is 6.56. The third kappa shape index (κ3) is 4.23. The molecule has 4 rings (SSSR count). The fourth-order valence-corrected chi connectivity index (χ4v) is 4.16. The number of amides is 1. The zero-order valence-corrected chi connectivity index (χ0v) is 18.0. The van der Waals surface area contributed by atoms with Gasteiger partial charge in [-0.15, -0.1) is 0 Å². The molecule has 30 heavy (non-hydrogen) atoms. The van der Waals surface area contributed by atoms with Crippen molar-refractivity contribution in [3.8, 4) is 10.6 Å². The topological polar surface area (TPSA) is 106 Å². The third-order valence-electron chi connectivity index (χ3n) is 4.62. The molecule has 1 aliphatic rings. The van der Waals surface area contributed by atoms with Gasteiger partial charge in [0.2, 0.25) is 4.96 Å². The van der Waals surface area contributed by atoms with Gasteiger partial charge in [-0.25, -0.2) is 4.79 Å². The number of nitrogens with two attached hydrogens (primary N) is 1. The van der Waals surface area contributed by atoms with E-state index in [1.54, 1.807) is 9.42 Å². The summed E-state index contributed by atoms with van der Waals surface area (Å²) in [5.74, 6) is 0.667. The molecule has 3 heterocycles. The van der Waals surface area contributed by atoms with Crippen LogP contribution in [0.3, 0.4) is 0 Å². The highest BCUT2D eigenvalue weighted by Crippen LogP contribution is 2.28. The number of benzene rings is 1. The van der Waals surface area contributed by atoms with Gasteiger partial charge in [0.05, 0.1) is 0 Å². The minimum Gasteiger partial charge on any atom is -0.444 e. The van der Waals surface area contributed by atoms with Crippen LogP contribution in [-0.2, 0) is 4.74 Å². The number of anilines is 2. The number of carbonyl (C=O) groups excluding carboxylic acids is 1. The van der Waals surface area contributed by atoms with Crippen LogP contribution in [0, 0.1) is 0 Å². The van der Waals surface area contributed by atoms with Gasteiger partial charge in [-0.05, 0) is 32.9 Å². The summed E-state index contributed by atoms with van der Waals surface area (Å²) in [4.78, 5) is 32.9. The fraction of sp³-hybridized carbons (Fsp3) is 0.400. The summed E-state index contributed by atoms with van der Waals surface area (Å²) in [5, 5.41) is 5.40. The molecular weight excluding hydrogens is 404 g/mol. The number of fused-ring (bicyclic) bond motifs is 1. The number of hydrogen-bond donors (Lipinski definition) is 1. The lowest BCUT2D eigenvalue weighted by molar-refractivity contribution is 0.0240. The first-order valence-corrected chi connectivity index (χ1v) is 10.5. The molecule has 0 spiro atoms. The van der Waals surface area contributed by atoms with Crippen molar-refractivity contribution >= 4 is 33.9 Å². The van der Waals surface area contributed by atoms with E-state index in [0.717, 1.165) is 10.6 Å². The Labute approximate surface area is 177 Å². The fourth-order valence-electron chi connectivity index (χ4n) is 3.26. The van der Waals surface area contributed by atoms with E-state index >= 15 is 0 Å². The van der Waals surface area contributed by atoms with Gasteiger partial charge in [-0.2, -0.15) is 14.6 Å². The second kappa shape index (κ2) is 7.60. The quantitative estimate of drug-likeness (QED) is 0.625. The van der Waals surface area contributed by atoms with E-state index in [-0.39, 0.29) is 11.7 Å². The average Bonchev–Trinajstić information content (AvgIpc) is 3.10. The minimum atomic E-state index is -0.531. The maximum absolute atomic E-state index is 12.3. The number of hydrogen-bond acceptors (Lipinski definition) is 8. The van der Waals surface area contributed by atoms with Crippen LogP contribution in [0.2, 0.25) is 0 Å². The first-order chi connectivity index (χ1) is 14.2. The first kappa shape index (κ1) is 20.1. The van der Waals surface area contributed by atoms with Crippen molar-refractivity contribution in [2.75, 3.05) is 36.8 Å². The van der Waals surface area contributed by atoms with Crippen molar-refractivity contribution in [3.63, 3.8) is 0 Å². The number of rotatable bonds is 2. The van der Waals surface area contributed by atoms with Crippen molar-refractivity contribution in [2.45, 2.75) is 26.4 Å². The zero-order valence-electron chi connectivity index (χ0n) is 17.2. The highest BCUT2D eigenvalue weighted by molar-refractivity contribution is 7.19. The van der Waals surface area contributed by atoms with Crippen molar-refractivity contribution in [3.05, 3.63) is 40.7 Å². The van der Waals surface area contributed by atoms with E-state index < -0.39 is 5.60 Å². The Morgan fingerprint density at radius 3 is 2.57 bits per heavy atom. The summed E-state index contributed by atoms with van der Waals surface area (Å²) < 4.78 is 7.14. The lowest BCUT2D eigenvalue weighted by atomic mass is 10.2. The summed E-state index contributed by atoms with van der Waals surface area (Å²) in [6.07, 6.45) is -0.322. The van der Waals surface area contributed by atoms with Gasteiger partial charge in [0, 0.05) is 43.5 Å². The maximum Gasteiger partial charge on any atom is 0.410 e. The van der Waals surface area contributed by atoms with Crippen LogP contribution < -0.4 is 16.2 Å². The number of nitrogens with zero attached hydrogens (tertiary/aromatic N) is 5. The molecule has 158 valence electrons. The molecule has 1 saturated heterocycles. The molecular formula is C20H24N6O3S. The van der Waals surface area contributed by atoms with Gasteiger partial charge in [0.25, 0.3) is 5.56 Å². The summed E-state index contributed by atoms with van der Waals surface area (Å²) >= 11 is 1.34. The Balaban J connectivity index is 1.59. The number of nitrogen functional groups attached to an aromatic ring is 1. The van der Waals surface area contributed by atoms with Crippen molar-refractivity contribution in [1.82, 2.24) is 19.5 Å². The SMILES string of the molecule is CC(C)(C)OC(=O)N1CCN(c2cc(=O)nc3sc(-c4cccc(N)c4)nn23)CC1. The molecule has 1 fully saturated rings. The Morgan fingerprint density at radius 2 is 1.90 bits per heavy atom.